The first-order chi connectivity index (χ1) is 12.1. The van der Waals surface area contributed by atoms with Crippen molar-refractivity contribution in [3.63, 3.8) is 0 Å². The first-order valence-electron chi connectivity index (χ1n) is 9.74. The number of unbranched alkanes of at least 4 members (excludes halogenated alkanes) is 9. The third kappa shape index (κ3) is 23.8. The highest BCUT2D eigenvalue weighted by atomic mass is 32.2. The van der Waals surface area contributed by atoms with Crippen molar-refractivity contribution in [2.75, 3.05) is 45.4 Å². The molecule has 0 amide bonds. The van der Waals surface area contributed by atoms with E-state index >= 15 is 0 Å². The predicted octanol–water partition coefficient (Wildman–Crippen LogP) is 3.84. The van der Waals surface area contributed by atoms with Gasteiger partial charge in [-0.3, -0.25) is 4.55 Å². The summed E-state index contributed by atoms with van der Waals surface area (Å²) >= 11 is 0. The quantitative estimate of drug-likeness (QED) is 0.254. The van der Waals surface area contributed by atoms with Crippen LogP contribution in [0.25, 0.3) is 0 Å². The van der Waals surface area contributed by atoms with Gasteiger partial charge in [0.05, 0.1) is 38.8 Å². The minimum Gasteiger partial charge on any atom is -0.379 e. The molecule has 0 aliphatic carbocycles. The smallest absolute Gasteiger partial charge is 0.267 e. The molecule has 0 spiro atoms. The predicted molar refractivity (Wildman–Crippen MR) is 101 cm³/mol. The second-order valence-electron chi connectivity index (χ2n) is 6.31. The summed E-state index contributed by atoms with van der Waals surface area (Å²) in [4.78, 5) is 0. The van der Waals surface area contributed by atoms with Crippen LogP contribution in [0.2, 0.25) is 0 Å². The molecule has 152 valence electrons. The number of ether oxygens (including phenoxy) is 3. The molecule has 0 heterocycles. The van der Waals surface area contributed by atoms with Crippen LogP contribution >= 0.6 is 0 Å². The molecule has 0 aromatic carbocycles. The summed E-state index contributed by atoms with van der Waals surface area (Å²) in [6.45, 7) is 4.81. The molecule has 0 saturated carbocycles. The van der Waals surface area contributed by atoms with Crippen LogP contribution < -0.4 is 0 Å². The zero-order valence-electron chi connectivity index (χ0n) is 15.9. The summed E-state index contributed by atoms with van der Waals surface area (Å²) in [6, 6.07) is 0. The Balaban J connectivity index is 3.03. The van der Waals surface area contributed by atoms with Crippen molar-refractivity contribution in [3.05, 3.63) is 0 Å². The highest BCUT2D eigenvalue weighted by molar-refractivity contribution is 7.85. The molecule has 0 rings (SSSR count). The average molecular weight is 383 g/mol. The average Bonchev–Trinajstić information content (AvgIpc) is 2.56. The zero-order chi connectivity index (χ0) is 18.6. The topological polar surface area (TPSA) is 82.1 Å². The molecule has 25 heavy (non-hydrogen) atoms. The van der Waals surface area contributed by atoms with Crippen LogP contribution in [0.15, 0.2) is 0 Å². The van der Waals surface area contributed by atoms with Gasteiger partial charge in [0.1, 0.15) is 0 Å². The molecule has 0 aliphatic rings. The SMILES string of the molecule is CCCCCCCCCCCCOCCOCCOCCS(=O)(=O)O. The van der Waals surface area contributed by atoms with Crippen LogP contribution in [0.4, 0.5) is 0 Å². The Bertz CT molecular complexity index is 359. The van der Waals surface area contributed by atoms with E-state index in [0.29, 0.717) is 26.4 Å². The molecular formula is C18H38O6S. The van der Waals surface area contributed by atoms with Crippen LogP contribution in [0, 0.1) is 0 Å². The number of hydrogen-bond donors (Lipinski definition) is 1. The Morgan fingerprint density at radius 2 is 1.00 bits per heavy atom. The lowest BCUT2D eigenvalue weighted by molar-refractivity contribution is 0.0164. The van der Waals surface area contributed by atoms with Crippen molar-refractivity contribution in [2.24, 2.45) is 0 Å². The maximum atomic E-state index is 10.4. The second kappa shape index (κ2) is 18.6. The standard InChI is InChI=1S/C18H38O6S/c1-2-3-4-5-6-7-8-9-10-11-12-22-13-14-23-15-16-24-17-18-25(19,20)21/h2-18H2,1H3,(H,19,20,21). The second-order valence-corrected chi connectivity index (χ2v) is 7.88. The minimum atomic E-state index is -3.93. The Morgan fingerprint density at radius 3 is 1.48 bits per heavy atom. The molecule has 0 unspecified atom stereocenters. The van der Waals surface area contributed by atoms with Gasteiger partial charge in [-0.15, -0.1) is 0 Å². The van der Waals surface area contributed by atoms with Gasteiger partial charge in [0, 0.05) is 6.61 Å². The maximum absolute atomic E-state index is 10.4. The van der Waals surface area contributed by atoms with Gasteiger partial charge < -0.3 is 14.2 Å². The van der Waals surface area contributed by atoms with Crippen LogP contribution in [-0.2, 0) is 24.3 Å². The van der Waals surface area contributed by atoms with Crippen molar-refractivity contribution >= 4 is 10.1 Å². The normalized spacial score (nSPS) is 11.9. The lowest BCUT2D eigenvalue weighted by Gasteiger charge is -2.06. The molecule has 0 fully saturated rings. The van der Waals surface area contributed by atoms with Gasteiger partial charge in [0.25, 0.3) is 10.1 Å². The van der Waals surface area contributed by atoms with Gasteiger partial charge >= 0.3 is 0 Å². The molecule has 0 atom stereocenters. The molecule has 0 saturated heterocycles. The van der Waals surface area contributed by atoms with E-state index in [-0.39, 0.29) is 12.4 Å². The summed E-state index contributed by atoms with van der Waals surface area (Å²) < 4.78 is 45.2. The first kappa shape index (κ1) is 24.8. The Hall–Kier alpha value is -0.210. The van der Waals surface area contributed by atoms with Crippen LogP contribution in [0.3, 0.4) is 0 Å². The lowest BCUT2D eigenvalue weighted by Crippen LogP contribution is -2.14. The van der Waals surface area contributed by atoms with Gasteiger partial charge in [-0.1, -0.05) is 64.7 Å². The third-order valence-corrected chi connectivity index (χ3v) is 4.55. The molecule has 0 aromatic heterocycles. The van der Waals surface area contributed by atoms with Crippen LogP contribution in [0.5, 0.6) is 0 Å². The van der Waals surface area contributed by atoms with E-state index in [9.17, 15) is 8.42 Å². The fourth-order valence-corrected chi connectivity index (χ4v) is 2.73. The van der Waals surface area contributed by atoms with E-state index in [2.05, 4.69) is 6.92 Å². The van der Waals surface area contributed by atoms with E-state index in [1.54, 1.807) is 0 Å². The Morgan fingerprint density at radius 1 is 0.600 bits per heavy atom. The van der Waals surface area contributed by atoms with Gasteiger partial charge in [-0.05, 0) is 6.42 Å². The summed E-state index contributed by atoms with van der Waals surface area (Å²) in [6.07, 6.45) is 13.2. The third-order valence-electron chi connectivity index (χ3n) is 3.87. The fourth-order valence-electron chi connectivity index (χ4n) is 2.40. The van der Waals surface area contributed by atoms with Crippen molar-refractivity contribution in [1.29, 1.82) is 0 Å². The van der Waals surface area contributed by atoms with E-state index in [1.807, 2.05) is 0 Å². The molecule has 0 aliphatic heterocycles. The zero-order valence-corrected chi connectivity index (χ0v) is 16.7. The largest absolute Gasteiger partial charge is 0.379 e. The molecule has 6 nitrogen and oxygen atoms in total. The number of hydrogen-bond acceptors (Lipinski definition) is 5. The van der Waals surface area contributed by atoms with E-state index < -0.39 is 10.1 Å². The van der Waals surface area contributed by atoms with Crippen molar-refractivity contribution < 1.29 is 27.2 Å². The fraction of sp³-hybridized carbons (Fsp3) is 1.00. The van der Waals surface area contributed by atoms with Crippen molar-refractivity contribution in [3.8, 4) is 0 Å². The van der Waals surface area contributed by atoms with E-state index in [4.69, 9.17) is 18.8 Å². The van der Waals surface area contributed by atoms with Crippen LogP contribution in [-0.4, -0.2) is 58.4 Å². The van der Waals surface area contributed by atoms with Crippen LogP contribution in [0.1, 0.15) is 71.1 Å². The van der Waals surface area contributed by atoms with E-state index in [0.717, 1.165) is 13.0 Å². The lowest BCUT2D eigenvalue weighted by atomic mass is 10.1. The molecule has 7 heteroatoms. The number of rotatable bonds is 20. The summed E-state index contributed by atoms with van der Waals surface area (Å²) in [5.74, 6) is -0.380. The minimum absolute atomic E-state index is 0.0164. The summed E-state index contributed by atoms with van der Waals surface area (Å²) in [7, 11) is -3.93. The highest BCUT2D eigenvalue weighted by Crippen LogP contribution is 2.10. The van der Waals surface area contributed by atoms with Gasteiger partial charge in [0.2, 0.25) is 0 Å². The first-order valence-corrected chi connectivity index (χ1v) is 11.4. The van der Waals surface area contributed by atoms with E-state index in [1.165, 1.54) is 57.8 Å². The summed E-state index contributed by atoms with van der Waals surface area (Å²) in [5, 5.41) is 0. The highest BCUT2D eigenvalue weighted by Gasteiger charge is 2.03. The summed E-state index contributed by atoms with van der Waals surface area (Å²) in [5.41, 5.74) is 0. The molecule has 1 N–H and O–H groups in total. The Kier molecular flexibility index (Phi) is 18.4. The van der Waals surface area contributed by atoms with Gasteiger partial charge in [-0.2, -0.15) is 8.42 Å². The van der Waals surface area contributed by atoms with Gasteiger partial charge in [-0.25, -0.2) is 0 Å². The molecule has 0 aromatic rings. The molecular weight excluding hydrogens is 344 g/mol. The monoisotopic (exact) mass is 382 g/mol. The Labute approximate surface area is 154 Å². The molecule has 0 radical (unpaired) electrons. The van der Waals surface area contributed by atoms with Gasteiger partial charge in [0.15, 0.2) is 0 Å². The molecule has 0 bridgehead atoms. The van der Waals surface area contributed by atoms with Crippen molar-refractivity contribution in [1.82, 2.24) is 0 Å². The maximum Gasteiger partial charge on any atom is 0.267 e. The van der Waals surface area contributed by atoms with Crippen molar-refractivity contribution in [2.45, 2.75) is 71.1 Å².